The fourth-order valence-electron chi connectivity index (χ4n) is 1.95. The van der Waals surface area contributed by atoms with Crippen molar-refractivity contribution in [2.75, 3.05) is 39.6 Å². The van der Waals surface area contributed by atoms with Crippen molar-refractivity contribution >= 4 is 18.0 Å². The summed E-state index contributed by atoms with van der Waals surface area (Å²) in [6, 6.07) is 6.24. The first-order valence-corrected chi connectivity index (χ1v) is 7.77. The summed E-state index contributed by atoms with van der Waals surface area (Å²) in [7, 11) is 0. The van der Waals surface area contributed by atoms with Crippen LogP contribution in [0.3, 0.4) is 0 Å². The molecule has 0 saturated carbocycles. The molecule has 0 N–H and O–H groups in total. The molecule has 25 heavy (non-hydrogen) atoms. The van der Waals surface area contributed by atoms with Gasteiger partial charge in [-0.3, -0.25) is 14.5 Å². The molecule has 1 aliphatic heterocycles. The van der Waals surface area contributed by atoms with E-state index in [0.717, 1.165) is 4.90 Å². The van der Waals surface area contributed by atoms with Crippen LogP contribution in [0.25, 0.3) is 0 Å². The lowest BCUT2D eigenvalue weighted by Gasteiger charge is -2.13. The van der Waals surface area contributed by atoms with E-state index < -0.39 is 0 Å². The number of benzene rings is 1. The van der Waals surface area contributed by atoms with Gasteiger partial charge >= 0.3 is 0 Å². The fourth-order valence-corrected chi connectivity index (χ4v) is 1.95. The van der Waals surface area contributed by atoms with Gasteiger partial charge in [0.1, 0.15) is 12.4 Å². The SMILES string of the molecule is O=C1C=CC(=O)N1CCOCCOCCON=Cc1ccccc1[18F]. The number of carbonyl (C=O) groups excluding carboxylic acids is 2. The van der Waals surface area contributed by atoms with Crippen molar-refractivity contribution in [2.45, 2.75) is 0 Å². The third-order valence-corrected chi connectivity index (χ3v) is 3.22. The van der Waals surface area contributed by atoms with E-state index in [1.54, 1.807) is 18.2 Å². The van der Waals surface area contributed by atoms with E-state index in [0.29, 0.717) is 25.4 Å². The molecule has 2 rings (SSSR count). The van der Waals surface area contributed by atoms with Gasteiger partial charge in [0, 0.05) is 17.7 Å². The summed E-state index contributed by atoms with van der Waals surface area (Å²) in [6.45, 7) is 1.70. The third-order valence-electron chi connectivity index (χ3n) is 3.22. The number of nitrogens with zero attached hydrogens (tertiary/aromatic N) is 2. The number of hydrogen-bond donors (Lipinski definition) is 0. The Labute approximate surface area is 144 Å². The molecular formula is C17H19FN2O5. The summed E-state index contributed by atoms with van der Waals surface area (Å²) in [4.78, 5) is 28.6. The van der Waals surface area contributed by atoms with Gasteiger partial charge in [-0.15, -0.1) is 0 Å². The molecule has 0 aliphatic carbocycles. The van der Waals surface area contributed by atoms with E-state index in [1.807, 2.05) is 0 Å². The van der Waals surface area contributed by atoms with Crippen molar-refractivity contribution in [1.82, 2.24) is 4.90 Å². The van der Waals surface area contributed by atoms with Gasteiger partial charge in [0.25, 0.3) is 11.8 Å². The van der Waals surface area contributed by atoms with Gasteiger partial charge in [-0.25, -0.2) is 4.39 Å². The molecule has 134 valence electrons. The Morgan fingerprint density at radius 1 is 0.960 bits per heavy atom. The van der Waals surface area contributed by atoms with Crippen molar-refractivity contribution in [3.05, 3.63) is 47.8 Å². The first kappa shape index (κ1) is 18.8. The fraction of sp³-hybridized carbons (Fsp3) is 0.353. The second kappa shape index (κ2) is 10.3. The Morgan fingerprint density at radius 2 is 1.60 bits per heavy atom. The van der Waals surface area contributed by atoms with Crippen LogP contribution in [0.4, 0.5) is 4.39 Å². The summed E-state index contributed by atoms with van der Waals surface area (Å²) in [5, 5.41) is 3.66. The lowest BCUT2D eigenvalue weighted by atomic mass is 10.2. The van der Waals surface area contributed by atoms with Crippen LogP contribution in [0.1, 0.15) is 5.56 Å². The smallest absolute Gasteiger partial charge is 0.253 e. The molecule has 0 bridgehead atoms. The maximum Gasteiger partial charge on any atom is 0.253 e. The van der Waals surface area contributed by atoms with Crippen LogP contribution in [0, 0.1) is 5.82 Å². The number of hydrogen-bond acceptors (Lipinski definition) is 6. The first-order chi connectivity index (χ1) is 12.2. The van der Waals surface area contributed by atoms with Crippen LogP contribution in [0.2, 0.25) is 0 Å². The highest BCUT2D eigenvalue weighted by atomic mass is 18.2. The van der Waals surface area contributed by atoms with Gasteiger partial charge in [-0.05, 0) is 6.07 Å². The average Bonchev–Trinajstić information content (AvgIpc) is 2.93. The van der Waals surface area contributed by atoms with E-state index in [9.17, 15) is 14.0 Å². The van der Waals surface area contributed by atoms with Crippen LogP contribution < -0.4 is 0 Å². The molecule has 8 heteroatoms. The molecule has 1 aromatic carbocycles. The van der Waals surface area contributed by atoms with E-state index in [4.69, 9.17) is 14.3 Å². The number of oxime groups is 1. The number of amides is 2. The number of ether oxygens (including phenoxy) is 2. The maximum atomic E-state index is 13.3. The summed E-state index contributed by atoms with van der Waals surface area (Å²) in [6.07, 6.45) is 3.77. The lowest BCUT2D eigenvalue weighted by Crippen LogP contribution is -2.33. The van der Waals surface area contributed by atoms with Gasteiger partial charge in [-0.1, -0.05) is 23.4 Å². The number of imide groups is 1. The normalized spacial score (nSPS) is 14.0. The minimum absolute atomic E-state index is 0.221. The molecule has 2 amide bonds. The highest BCUT2D eigenvalue weighted by Crippen LogP contribution is 2.03. The highest BCUT2D eigenvalue weighted by Gasteiger charge is 2.22. The molecule has 0 saturated heterocycles. The second-order valence-electron chi connectivity index (χ2n) is 4.98. The van der Waals surface area contributed by atoms with Gasteiger partial charge < -0.3 is 14.3 Å². The van der Waals surface area contributed by atoms with Crippen molar-refractivity contribution in [2.24, 2.45) is 5.16 Å². The number of halogens is 1. The molecule has 0 radical (unpaired) electrons. The predicted octanol–water partition coefficient (Wildman–Crippen LogP) is 1.13. The highest BCUT2D eigenvalue weighted by molar-refractivity contribution is 6.12. The summed E-state index contributed by atoms with van der Waals surface area (Å²) in [5.74, 6) is -1.01. The summed E-state index contributed by atoms with van der Waals surface area (Å²) in [5.41, 5.74) is 0.349. The molecule has 7 nitrogen and oxygen atoms in total. The lowest BCUT2D eigenvalue weighted by molar-refractivity contribution is -0.137. The van der Waals surface area contributed by atoms with Crippen LogP contribution in [0.5, 0.6) is 0 Å². The second-order valence-corrected chi connectivity index (χ2v) is 4.98. The Morgan fingerprint density at radius 3 is 2.32 bits per heavy atom. The van der Waals surface area contributed by atoms with Crippen molar-refractivity contribution in [3.63, 3.8) is 0 Å². The van der Waals surface area contributed by atoms with Gasteiger partial charge in [-0.2, -0.15) is 0 Å². The van der Waals surface area contributed by atoms with E-state index in [1.165, 1.54) is 24.4 Å². The zero-order valence-electron chi connectivity index (χ0n) is 13.6. The molecule has 0 fully saturated rings. The Bertz CT molecular complexity index is 630. The van der Waals surface area contributed by atoms with Gasteiger partial charge in [0.05, 0.1) is 39.2 Å². The number of rotatable bonds is 11. The van der Waals surface area contributed by atoms with Crippen LogP contribution in [-0.2, 0) is 23.9 Å². The largest absolute Gasteiger partial charge is 0.393 e. The van der Waals surface area contributed by atoms with E-state index >= 15 is 0 Å². The topological polar surface area (TPSA) is 77.4 Å². The number of carbonyl (C=O) groups is 2. The monoisotopic (exact) mass is 349 g/mol. The molecule has 0 unspecified atom stereocenters. The predicted molar refractivity (Wildman–Crippen MR) is 87.4 cm³/mol. The maximum absolute atomic E-state index is 13.3. The quantitative estimate of drug-likeness (QED) is 0.259. The molecule has 1 heterocycles. The Hall–Kier alpha value is -2.58. The van der Waals surface area contributed by atoms with Crippen molar-refractivity contribution in [1.29, 1.82) is 0 Å². The zero-order chi connectivity index (χ0) is 17.9. The minimum Gasteiger partial charge on any atom is -0.393 e. The Balaban J connectivity index is 1.43. The van der Waals surface area contributed by atoms with Gasteiger partial charge in [0.15, 0.2) is 0 Å². The molecule has 1 aliphatic rings. The average molecular weight is 349 g/mol. The standard InChI is InChI=1S/C17H19FN2O5/c18-15-4-2-1-3-14(15)13-19-25-12-11-24-10-9-23-8-7-20-16(21)5-6-17(20)22/h1-6,13H,7-12H2/i18-1. The molecular weight excluding hydrogens is 330 g/mol. The van der Waals surface area contributed by atoms with Crippen LogP contribution >= 0.6 is 0 Å². The summed E-state index contributed by atoms with van der Waals surface area (Å²) < 4.78 is 23.8. The third kappa shape index (κ3) is 6.44. The molecule has 0 atom stereocenters. The first-order valence-electron chi connectivity index (χ1n) is 7.77. The van der Waals surface area contributed by atoms with Crippen LogP contribution in [0.15, 0.2) is 41.6 Å². The van der Waals surface area contributed by atoms with Gasteiger partial charge in [0.2, 0.25) is 0 Å². The minimum atomic E-state index is -0.364. The van der Waals surface area contributed by atoms with E-state index in [2.05, 4.69) is 5.16 Å². The van der Waals surface area contributed by atoms with Crippen LogP contribution in [-0.4, -0.2) is 62.5 Å². The molecule has 0 spiro atoms. The zero-order valence-corrected chi connectivity index (χ0v) is 13.6. The van der Waals surface area contributed by atoms with Crippen molar-refractivity contribution in [3.8, 4) is 0 Å². The van der Waals surface area contributed by atoms with Crippen molar-refractivity contribution < 1.29 is 28.3 Å². The Kier molecular flexibility index (Phi) is 7.74. The van der Waals surface area contributed by atoms with E-state index in [-0.39, 0.29) is 37.4 Å². The molecule has 1 aromatic rings. The summed E-state index contributed by atoms with van der Waals surface area (Å²) >= 11 is 0. The molecule has 0 aromatic heterocycles.